The van der Waals surface area contributed by atoms with Crippen LogP contribution in [0.1, 0.15) is 25.3 Å². The van der Waals surface area contributed by atoms with Gasteiger partial charge in [0, 0.05) is 40.7 Å². The van der Waals surface area contributed by atoms with Crippen molar-refractivity contribution in [3.05, 3.63) is 34.4 Å². The Labute approximate surface area is 110 Å². The number of aryl methyl sites for hydroxylation is 1. The Morgan fingerprint density at radius 3 is 2.94 bits per heavy atom. The number of fused-ring (bicyclic) bond motifs is 1. The molecule has 0 radical (unpaired) electrons. The topological polar surface area (TPSA) is 17.0 Å². The van der Waals surface area contributed by atoms with Crippen molar-refractivity contribution in [2.45, 2.75) is 38.9 Å². The average molecular weight is 293 g/mol. The van der Waals surface area contributed by atoms with Crippen LogP contribution in [0.2, 0.25) is 0 Å². The van der Waals surface area contributed by atoms with Crippen molar-refractivity contribution in [2.24, 2.45) is 0 Å². The fourth-order valence-electron chi connectivity index (χ4n) is 2.29. The first-order valence-corrected chi connectivity index (χ1v) is 7.08. The normalized spacial score (nSPS) is 15.6. The highest BCUT2D eigenvalue weighted by molar-refractivity contribution is 9.10. The lowest BCUT2D eigenvalue weighted by Gasteiger charge is -2.01. The number of hydrogen-bond acceptors (Lipinski definition) is 1. The van der Waals surface area contributed by atoms with Crippen LogP contribution in [0.4, 0.5) is 0 Å². The summed E-state index contributed by atoms with van der Waals surface area (Å²) in [5.41, 5.74) is 2.75. The van der Waals surface area contributed by atoms with Gasteiger partial charge >= 0.3 is 0 Å². The lowest BCUT2D eigenvalue weighted by Crippen LogP contribution is -2.14. The molecule has 1 aliphatic carbocycles. The lowest BCUT2D eigenvalue weighted by atomic mass is 10.2. The van der Waals surface area contributed by atoms with E-state index >= 15 is 0 Å². The molecule has 1 heterocycles. The summed E-state index contributed by atoms with van der Waals surface area (Å²) in [6.07, 6.45) is 4.97. The number of halogens is 1. The molecule has 1 N–H and O–H groups in total. The van der Waals surface area contributed by atoms with Crippen LogP contribution in [-0.4, -0.2) is 10.6 Å². The smallest absolute Gasteiger partial charge is 0.0484 e. The predicted molar refractivity (Wildman–Crippen MR) is 75.2 cm³/mol. The first-order valence-electron chi connectivity index (χ1n) is 6.28. The number of rotatable bonds is 4. The van der Waals surface area contributed by atoms with Gasteiger partial charge in [-0.15, -0.1) is 0 Å². The molecule has 0 amide bonds. The molecular weight excluding hydrogens is 276 g/mol. The Balaban J connectivity index is 1.99. The van der Waals surface area contributed by atoms with Gasteiger partial charge < -0.3 is 9.88 Å². The van der Waals surface area contributed by atoms with Crippen molar-refractivity contribution in [1.29, 1.82) is 0 Å². The molecule has 0 saturated heterocycles. The van der Waals surface area contributed by atoms with Crippen molar-refractivity contribution in [2.75, 3.05) is 0 Å². The maximum atomic E-state index is 3.59. The van der Waals surface area contributed by atoms with Gasteiger partial charge in [-0.1, -0.05) is 15.9 Å². The molecule has 3 heteroatoms. The van der Waals surface area contributed by atoms with Crippen LogP contribution in [0, 0.1) is 0 Å². The van der Waals surface area contributed by atoms with Gasteiger partial charge in [0.1, 0.15) is 0 Å². The van der Waals surface area contributed by atoms with Crippen LogP contribution in [0.25, 0.3) is 10.9 Å². The Hall–Kier alpha value is -0.800. The van der Waals surface area contributed by atoms with E-state index in [4.69, 9.17) is 0 Å². The van der Waals surface area contributed by atoms with E-state index in [-0.39, 0.29) is 0 Å². The highest BCUT2D eigenvalue weighted by Gasteiger charge is 2.20. The Morgan fingerprint density at radius 1 is 1.41 bits per heavy atom. The van der Waals surface area contributed by atoms with Crippen LogP contribution in [0.5, 0.6) is 0 Å². The molecule has 0 aliphatic heterocycles. The monoisotopic (exact) mass is 292 g/mol. The molecule has 17 heavy (non-hydrogen) atoms. The van der Waals surface area contributed by atoms with Gasteiger partial charge in [-0.05, 0) is 43.5 Å². The van der Waals surface area contributed by atoms with Crippen LogP contribution in [-0.2, 0) is 13.1 Å². The van der Waals surface area contributed by atoms with Gasteiger partial charge in [0.15, 0.2) is 0 Å². The zero-order chi connectivity index (χ0) is 11.8. The van der Waals surface area contributed by atoms with Crippen molar-refractivity contribution in [1.82, 2.24) is 9.88 Å². The zero-order valence-corrected chi connectivity index (χ0v) is 11.6. The van der Waals surface area contributed by atoms with E-state index in [0.717, 1.165) is 23.6 Å². The van der Waals surface area contributed by atoms with Gasteiger partial charge in [-0.25, -0.2) is 0 Å². The Kier molecular flexibility index (Phi) is 2.97. The molecule has 1 aromatic carbocycles. The van der Waals surface area contributed by atoms with Crippen molar-refractivity contribution < 1.29 is 0 Å². The van der Waals surface area contributed by atoms with Crippen LogP contribution in [0.3, 0.4) is 0 Å². The molecule has 0 spiro atoms. The third-order valence-electron chi connectivity index (χ3n) is 3.42. The molecule has 90 valence electrons. The van der Waals surface area contributed by atoms with E-state index in [0.29, 0.717) is 0 Å². The molecular formula is C14H17BrN2. The molecule has 2 aromatic rings. The molecule has 2 nitrogen and oxygen atoms in total. The average Bonchev–Trinajstić information content (AvgIpc) is 3.09. The second kappa shape index (κ2) is 4.46. The number of nitrogens with zero attached hydrogens (tertiary/aromatic N) is 1. The summed E-state index contributed by atoms with van der Waals surface area (Å²) in [6.45, 7) is 4.21. The minimum atomic E-state index is 0.766. The maximum Gasteiger partial charge on any atom is 0.0484 e. The number of aromatic nitrogens is 1. The first-order chi connectivity index (χ1) is 8.28. The van der Waals surface area contributed by atoms with E-state index in [1.165, 1.54) is 29.3 Å². The fraction of sp³-hybridized carbons (Fsp3) is 0.429. The van der Waals surface area contributed by atoms with Crippen LogP contribution in [0.15, 0.2) is 28.9 Å². The lowest BCUT2D eigenvalue weighted by molar-refractivity contribution is 0.686. The number of hydrogen-bond donors (Lipinski definition) is 1. The Bertz CT molecular complexity index is 540. The highest BCUT2D eigenvalue weighted by Crippen LogP contribution is 2.26. The summed E-state index contributed by atoms with van der Waals surface area (Å²) in [7, 11) is 0. The molecule has 1 aromatic heterocycles. The second-order valence-corrected chi connectivity index (χ2v) is 5.67. The number of benzene rings is 1. The van der Waals surface area contributed by atoms with Crippen LogP contribution < -0.4 is 5.32 Å². The van der Waals surface area contributed by atoms with Crippen molar-refractivity contribution in [3.63, 3.8) is 0 Å². The Morgan fingerprint density at radius 2 is 2.24 bits per heavy atom. The van der Waals surface area contributed by atoms with E-state index in [1.54, 1.807) is 0 Å². The van der Waals surface area contributed by atoms with E-state index in [1.807, 2.05) is 0 Å². The molecule has 0 unspecified atom stereocenters. The van der Waals surface area contributed by atoms with E-state index in [2.05, 4.69) is 57.1 Å². The third kappa shape index (κ3) is 2.26. The molecule has 1 fully saturated rings. The SMILES string of the molecule is CCn1cc(CNC2CC2)c2cc(Br)ccc21. The quantitative estimate of drug-likeness (QED) is 0.910. The van der Waals surface area contributed by atoms with Gasteiger partial charge in [0.25, 0.3) is 0 Å². The summed E-state index contributed by atoms with van der Waals surface area (Å²) >= 11 is 3.56. The number of nitrogens with one attached hydrogen (secondary N) is 1. The van der Waals surface area contributed by atoms with Gasteiger partial charge in [0.2, 0.25) is 0 Å². The molecule has 1 saturated carbocycles. The van der Waals surface area contributed by atoms with E-state index in [9.17, 15) is 0 Å². The predicted octanol–water partition coefficient (Wildman–Crippen LogP) is 3.68. The fourth-order valence-corrected chi connectivity index (χ4v) is 2.65. The van der Waals surface area contributed by atoms with Crippen molar-refractivity contribution >= 4 is 26.8 Å². The van der Waals surface area contributed by atoms with Gasteiger partial charge in [-0.3, -0.25) is 0 Å². The third-order valence-corrected chi connectivity index (χ3v) is 3.92. The minimum absolute atomic E-state index is 0.766. The highest BCUT2D eigenvalue weighted by atomic mass is 79.9. The molecule has 0 bridgehead atoms. The second-order valence-electron chi connectivity index (χ2n) is 4.76. The molecule has 3 rings (SSSR count). The summed E-state index contributed by atoms with van der Waals surface area (Å²) in [4.78, 5) is 0. The standard InChI is InChI=1S/C14H17BrN2/c1-2-17-9-10(8-16-12-4-5-12)13-7-11(15)3-6-14(13)17/h3,6-7,9,12,16H,2,4-5,8H2,1H3. The summed E-state index contributed by atoms with van der Waals surface area (Å²) in [6, 6.07) is 7.31. The van der Waals surface area contributed by atoms with Crippen molar-refractivity contribution in [3.8, 4) is 0 Å². The summed E-state index contributed by atoms with van der Waals surface area (Å²) < 4.78 is 3.48. The molecule has 1 aliphatic rings. The summed E-state index contributed by atoms with van der Waals surface area (Å²) in [5.74, 6) is 0. The van der Waals surface area contributed by atoms with Gasteiger partial charge in [-0.2, -0.15) is 0 Å². The summed E-state index contributed by atoms with van der Waals surface area (Å²) in [5, 5.41) is 4.96. The largest absolute Gasteiger partial charge is 0.347 e. The zero-order valence-electron chi connectivity index (χ0n) is 10.0. The van der Waals surface area contributed by atoms with Gasteiger partial charge in [0.05, 0.1) is 0 Å². The maximum absolute atomic E-state index is 3.59. The molecule has 0 atom stereocenters. The minimum Gasteiger partial charge on any atom is -0.347 e. The van der Waals surface area contributed by atoms with E-state index < -0.39 is 0 Å². The van der Waals surface area contributed by atoms with Crippen LogP contribution >= 0.6 is 15.9 Å². The first kappa shape index (κ1) is 11.3.